The lowest BCUT2D eigenvalue weighted by Crippen LogP contribution is -2.33. The maximum absolute atomic E-state index is 11.9. The molecule has 0 bridgehead atoms. The molecule has 4 nitrogen and oxygen atoms in total. The van der Waals surface area contributed by atoms with Crippen LogP contribution in [0.2, 0.25) is 0 Å². The zero-order valence-corrected chi connectivity index (χ0v) is 14.2. The van der Waals surface area contributed by atoms with E-state index in [2.05, 4.69) is 27.3 Å². The second-order valence-electron chi connectivity index (χ2n) is 5.74. The highest BCUT2D eigenvalue weighted by Gasteiger charge is 2.32. The van der Waals surface area contributed by atoms with Crippen molar-refractivity contribution < 1.29 is 13.2 Å². The van der Waals surface area contributed by atoms with E-state index in [0.29, 0.717) is 18.9 Å². The van der Waals surface area contributed by atoms with Crippen molar-refractivity contribution in [1.82, 2.24) is 5.32 Å². The van der Waals surface area contributed by atoms with Crippen LogP contribution in [0.3, 0.4) is 0 Å². The maximum atomic E-state index is 11.9. The van der Waals surface area contributed by atoms with E-state index in [4.69, 9.17) is 4.74 Å². The summed E-state index contributed by atoms with van der Waals surface area (Å²) in [6, 6.07) is 6.20. The Labute approximate surface area is 134 Å². The molecule has 2 atom stereocenters. The lowest BCUT2D eigenvalue weighted by molar-refractivity contribution is 0.313. The average Bonchev–Trinajstić information content (AvgIpc) is 2.67. The van der Waals surface area contributed by atoms with Gasteiger partial charge in [-0.2, -0.15) is 0 Å². The van der Waals surface area contributed by atoms with Crippen molar-refractivity contribution in [3.8, 4) is 5.75 Å². The van der Waals surface area contributed by atoms with Crippen molar-refractivity contribution in [3.63, 3.8) is 0 Å². The molecule has 0 amide bonds. The number of rotatable bonds is 3. The van der Waals surface area contributed by atoms with E-state index in [1.807, 2.05) is 12.1 Å². The van der Waals surface area contributed by atoms with Gasteiger partial charge in [0.05, 0.1) is 22.1 Å². The van der Waals surface area contributed by atoms with Crippen LogP contribution in [0.15, 0.2) is 22.7 Å². The van der Waals surface area contributed by atoms with Crippen molar-refractivity contribution in [2.24, 2.45) is 0 Å². The van der Waals surface area contributed by atoms with Crippen LogP contribution < -0.4 is 10.1 Å². The van der Waals surface area contributed by atoms with E-state index in [1.165, 1.54) is 0 Å². The highest BCUT2D eigenvalue weighted by atomic mass is 79.9. The third kappa shape index (κ3) is 3.27. The number of nitrogens with one attached hydrogen (secondary N) is 1. The summed E-state index contributed by atoms with van der Waals surface area (Å²) in [7, 11) is -2.89. The predicted octanol–water partition coefficient (Wildman–Crippen LogP) is 2.83. The van der Waals surface area contributed by atoms with Gasteiger partial charge in [0.2, 0.25) is 0 Å². The summed E-state index contributed by atoms with van der Waals surface area (Å²) in [6.07, 6.45) is 3.51. The van der Waals surface area contributed by atoms with Crippen molar-refractivity contribution >= 4 is 25.8 Å². The molecule has 1 fully saturated rings. The fraction of sp³-hybridized carbons (Fsp3) is 0.600. The van der Waals surface area contributed by atoms with Gasteiger partial charge in [-0.25, -0.2) is 8.42 Å². The topological polar surface area (TPSA) is 55.4 Å². The predicted molar refractivity (Wildman–Crippen MR) is 86.4 cm³/mol. The molecule has 1 aromatic carbocycles. The minimum atomic E-state index is -2.89. The molecular weight excluding hydrogens is 354 g/mol. The lowest BCUT2D eigenvalue weighted by atomic mass is 10.0. The standard InChI is InChI=1S/C15H20BrNO3S/c16-13-6-1-5-12-14(7-2-8-20-15(12)13)17-10-11-4-3-9-21(11,18)19/h1,5-6,11,14,17H,2-4,7-10H2/t11-,14-/m1/s1. The molecule has 1 saturated heterocycles. The van der Waals surface area contributed by atoms with Gasteiger partial charge in [0.15, 0.2) is 9.84 Å². The van der Waals surface area contributed by atoms with E-state index in [1.54, 1.807) is 0 Å². The molecule has 0 aliphatic carbocycles. The first-order valence-electron chi connectivity index (χ1n) is 7.44. The smallest absolute Gasteiger partial charge is 0.154 e. The van der Waals surface area contributed by atoms with Gasteiger partial charge in [-0.3, -0.25) is 0 Å². The summed E-state index contributed by atoms with van der Waals surface area (Å²) in [5.41, 5.74) is 1.12. The molecule has 0 unspecified atom stereocenters. The Morgan fingerprint density at radius 2 is 2.14 bits per heavy atom. The van der Waals surface area contributed by atoms with Gasteiger partial charge in [-0.05, 0) is 47.7 Å². The summed E-state index contributed by atoms with van der Waals surface area (Å²) in [5, 5.41) is 3.24. The summed E-state index contributed by atoms with van der Waals surface area (Å²) in [6.45, 7) is 1.24. The number of hydrogen-bond acceptors (Lipinski definition) is 4. The van der Waals surface area contributed by atoms with Crippen LogP contribution in [0.5, 0.6) is 5.75 Å². The average molecular weight is 374 g/mol. The Morgan fingerprint density at radius 3 is 2.90 bits per heavy atom. The van der Waals surface area contributed by atoms with Crippen molar-refractivity contribution in [2.75, 3.05) is 18.9 Å². The number of halogens is 1. The highest BCUT2D eigenvalue weighted by Crippen LogP contribution is 2.37. The molecule has 2 heterocycles. The SMILES string of the molecule is O=S1(=O)CCC[C@@H]1CN[C@@H]1CCCOc2c(Br)cccc21. The van der Waals surface area contributed by atoms with E-state index >= 15 is 0 Å². The first kappa shape index (κ1) is 15.3. The normalized spacial score (nSPS) is 27.7. The largest absolute Gasteiger partial charge is 0.492 e. The highest BCUT2D eigenvalue weighted by molar-refractivity contribution is 9.10. The number of para-hydroxylation sites is 1. The molecule has 0 radical (unpaired) electrons. The third-order valence-corrected chi connectivity index (χ3v) is 7.21. The van der Waals surface area contributed by atoms with Gasteiger partial charge in [0.25, 0.3) is 0 Å². The molecule has 1 N–H and O–H groups in total. The number of hydrogen-bond donors (Lipinski definition) is 1. The zero-order chi connectivity index (χ0) is 14.9. The molecular formula is C15H20BrNO3S. The van der Waals surface area contributed by atoms with Gasteiger partial charge in [-0.1, -0.05) is 12.1 Å². The molecule has 0 spiro atoms. The second-order valence-corrected chi connectivity index (χ2v) is 9.00. The first-order valence-corrected chi connectivity index (χ1v) is 9.95. The minimum Gasteiger partial charge on any atom is -0.492 e. The van der Waals surface area contributed by atoms with Gasteiger partial charge < -0.3 is 10.1 Å². The van der Waals surface area contributed by atoms with E-state index in [-0.39, 0.29) is 11.3 Å². The summed E-state index contributed by atoms with van der Waals surface area (Å²) >= 11 is 3.53. The Morgan fingerprint density at radius 1 is 1.29 bits per heavy atom. The fourth-order valence-corrected chi connectivity index (χ4v) is 5.42. The minimum absolute atomic E-state index is 0.163. The van der Waals surface area contributed by atoms with Crippen molar-refractivity contribution in [1.29, 1.82) is 0 Å². The summed E-state index contributed by atoms with van der Waals surface area (Å²) < 4.78 is 30.6. The van der Waals surface area contributed by atoms with Crippen LogP contribution in [-0.2, 0) is 9.84 Å². The van der Waals surface area contributed by atoms with E-state index < -0.39 is 9.84 Å². The zero-order valence-electron chi connectivity index (χ0n) is 11.8. The fourth-order valence-electron chi connectivity index (χ4n) is 3.14. The molecule has 6 heteroatoms. The van der Waals surface area contributed by atoms with E-state index in [9.17, 15) is 8.42 Å². The molecule has 0 saturated carbocycles. The maximum Gasteiger partial charge on any atom is 0.154 e. The van der Waals surface area contributed by atoms with Crippen LogP contribution in [-0.4, -0.2) is 32.6 Å². The van der Waals surface area contributed by atoms with Crippen LogP contribution in [0.4, 0.5) is 0 Å². The quantitative estimate of drug-likeness (QED) is 0.884. The monoisotopic (exact) mass is 373 g/mol. The van der Waals surface area contributed by atoms with Gasteiger partial charge in [0, 0.05) is 18.2 Å². The molecule has 2 aliphatic heterocycles. The first-order chi connectivity index (χ1) is 10.1. The molecule has 21 heavy (non-hydrogen) atoms. The number of benzene rings is 1. The lowest BCUT2D eigenvalue weighted by Gasteiger charge is -2.21. The number of ether oxygens (including phenoxy) is 1. The third-order valence-electron chi connectivity index (χ3n) is 4.31. The summed E-state index contributed by atoms with van der Waals surface area (Å²) in [4.78, 5) is 0. The Kier molecular flexibility index (Phi) is 4.57. The number of fused-ring (bicyclic) bond motifs is 1. The van der Waals surface area contributed by atoms with E-state index in [0.717, 1.165) is 41.5 Å². The molecule has 0 aromatic heterocycles. The van der Waals surface area contributed by atoms with Crippen LogP contribution in [0.1, 0.15) is 37.3 Å². The Bertz CT molecular complexity index is 617. The van der Waals surface area contributed by atoms with Crippen LogP contribution in [0.25, 0.3) is 0 Å². The van der Waals surface area contributed by atoms with Crippen molar-refractivity contribution in [2.45, 2.75) is 37.0 Å². The van der Waals surface area contributed by atoms with Crippen LogP contribution in [0, 0.1) is 0 Å². The summed E-state index contributed by atoms with van der Waals surface area (Å²) in [5.74, 6) is 1.23. The van der Waals surface area contributed by atoms with Crippen LogP contribution >= 0.6 is 15.9 Å². The number of sulfone groups is 1. The van der Waals surface area contributed by atoms with Gasteiger partial charge >= 0.3 is 0 Å². The Balaban J connectivity index is 1.76. The molecule has 3 rings (SSSR count). The Hall–Kier alpha value is -0.590. The van der Waals surface area contributed by atoms with Crippen molar-refractivity contribution in [3.05, 3.63) is 28.2 Å². The van der Waals surface area contributed by atoms with Gasteiger partial charge in [0.1, 0.15) is 5.75 Å². The molecule has 2 aliphatic rings. The second kappa shape index (κ2) is 6.26. The molecule has 116 valence electrons. The van der Waals surface area contributed by atoms with Gasteiger partial charge in [-0.15, -0.1) is 0 Å². The molecule has 1 aromatic rings.